The molecule has 0 aliphatic heterocycles. The number of ether oxygens (including phenoxy) is 2. The van der Waals surface area contributed by atoms with Crippen LogP contribution in [0.1, 0.15) is 53.4 Å². The molecule has 8 heteroatoms. The first-order valence-electron chi connectivity index (χ1n) is 10.4. The fraction of sp³-hybridized carbons (Fsp3) is 0.500. The number of nitrogens with zero attached hydrogens (tertiary/aromatic N) is 2. The summed E-state index contributed by atoms with van der Waals surface area (Å²) in [5, 5.41) is 2.78. The van der Waals surface area contributed by atoms with E-state index < -0.39 is 0 Å². The molecule has 0 bridgehead atoms. The van der Waals surface area contributed by atoms with E-state index in [1.165, 1.54) is 6.26 Å². The van der Waals surface area contributed by atoms with Gasteiger partial charge in [0.2, 0.25) is 5.89 Å². The standard InChI is InChI=1S/C22H31N3O5/c1-3-28-14-8-12-23-21(26)19-17-30-20(24-19)16-25(13-9-15-29-4-2)22(27)18-10-6-5-7-11-18/h5-7,10-11,17H,3-4,8-9,12-16H2,1-2H3,(H,23,26). The molecule has 0 fully saturated rings. The molecule has 164 valence electrons. The van der Waals surface area contributed by atoms with Crippen LogP contribution in [0.15, 0.2) is 41.0 Å². The van der Waals surface area contributed by atoms with Crippen molar-refractivity contribution in [2.75, 3.05) is 39.5 Å². The van der Waals surface area contributed by atoms with Crippen LogP contribution in [-0.2, 0) is 16.0 Å². The maximum absolute atomic E-state index is 12.9. The van der Waals surface area contributed by atoms with E-state index in [2.05, 4.69) is 10.3 Å². The second kappa shape index (κ2) is 13.5. The van der Waals surface area contributed by atoms with Gasteiger partial charge in [-0.25, -0.2) is 4.98 Å². The monoisotopic (exact) mass is 417 g/mol. The molecule has 0 unspecified atom stereocenters. The second-order valence-corrected chi connectivity index (χ2v) is 6.58. The lowest BCUT2D eigenvalue weighted by molar-refractivity contribution is 0.0695. The molecule has 2 amide bonds. The molecule has 0 spiro atoms. The van der Waals surface area contributed by atoms with Gasteiger partial charge in [0.1, 0.15) is 6.26 Å². The first-order chi connectivity index (χ1) is 14.7. The van der Waals surface area contributed by atoms with Gasteiger partial charge in [0.25, 0.3) is 11.8 Å². The van der Waals surface area contributed by atoms with Gasteiger partial charge in [-0.15, -0.1) is 0 Å². The fourth-order valence-corrected chi connectivity index (χ4v) is 2.78. The summed E-state index contributed by atoms with van der Waals surface area (Å²) in [5.41, 5.74) is 0.788. The first-order valence-corrected chi connectivity index (χ1v) is 10.4. The predicted octanol–water partition coefficient (Wildman–Crippen LogP) is 2.90. The van der Waals surface area contributed by atoms with Crippen LogP contribution in [0, 0.1) is 0 Å². The molecule has 1 N–H and O–H groups in total. The lowest BCUT2D eigenvalue weighted by atomic mass is 10.2. The molecule has 1 heterocycles. The van der Waals surface area contributed by atoms with Crippen LogP contribution >= 0.6 is 0 Å². The minimum absolute atomic E-state index is 0.118. The molecule has 1 aromatic heterocycles. The lowest BCUT2D eigenvalue weighted by Gasteiger charge is -2.21. The van der Waals surface area contributed by atoms with Crippen molar-refractivity contribution in [2.45, 2.75) is 33.2 Å². The Kier molecular flexibility index (Phi) is 10.6. The largest absolute Gasteiger partial charge is 0.446 e. The first kappa shape index (κ1) is 23.6. The Balaban J connectivity index is 1.96. The third-order valence-corrected chi connectivity index (χ3v) is 4.29. The number of carbonyl (C=O) groups is 2. The Bertz CT molecular complexity index is 763. The van der Waals surface area contributed by atoms with Gasteiger partial charge in [0.15, 0.2) is 5.69 Å². The van der Waals surface area contributed by atoms with Gasteiger partial charge in [0, 0.05) is 45.1 Å². The van der Waals surface area contributed by atoms with E-state index in [9.17, 15) is 9.59 Å². The van der Waals surface area contributed by atoms with Crippen molar-refractivity contribution in [3.63, 3.8) is 0 Å². The molecular weight excluding hydrogens is 386 g/mol. The van der Waals surface area contributed by atoms with Gasteiger partial charge < -0.3 is 24.1 Å². The number of rotatable bonds is 14. The fourth-order valence-electron chi connectivity index (χ4n) is 2.78. The van der Waals surface area contributed by atoms with E-state index in [0.29, 0.717) is 57.4 Å². The topological polar surface area (TPSA) is 93.9 Å². The zero-order chi connectivity index (χ0) is 21.6. The Morgan fingerprint density at radius 1 is 1.07 bits per heavy atom. The van der Waals surface area contributed by atoms with Gasteiger partial charge >= 0.3 is 0 Å². The average molecular weight is 418 g/mol. The Morgan fingerprint density at radius 2 is 1.77 bits per heavy atom. The molecule has 0 saturated carbocycles. The number of benzene rings is 1. The van der Waals surface area contributed by atoms with Crippen LogP contribution in [0.3, 0.4) is 0 Å². The molecule has 1 aromatic carbocycles. The zero-order valence-corrected chi connectivity index (χ0v) is 17.8. The third kappa shape index (κ3) is 7.96. The van der Waals surface area contributed by atoms with Crippen molar-refractivity contribution in [3.05, 3.63) is 53.7 Å². The summed E-state index contributed by atoms with van der Waals surface area (Å²) >= 11 is 0. The maximum atomic E-state index is 12.9. The Hall–Kier alpha value is -2.71. The van der Waals surface area contributed by atoms with E-state index in [-0.39, 0.29) is 24.1 Å². The van der Waals surface area contributed by atoms with Gasteiger partial charge in [0.05, 0.1) is 6.54 Å². The molecule has 2 aromatic rings. The van der Waals surface area contributed by atoms with E-state index in [1.807, 2.05) is 32.0 Å². The van der Waals surface area contributed by atoms with E-state index in [0.717, 1.165) is 6.42 Å². The summed E-state index contributed by atoms with van der Waals surface area (Å²) in [6, 6.07) is 9.06. The highest BCUT2D eigenvalue weighted by Crippen LogP contribution is 2.11. The summed E-state index contributed by atoms with van der Waals surface area (Å²) in [4.78, 5) is 31.0. The number of hydrogen-bond acceptors (Lipinski definition) is 6. The van der Waals surface area contributed by atoms with Gasteiger partial charge in [-0.1, -0.05) is 18.2 Å². The highest BCUT2D eigenvalue weighted by Gasteiger charge is 2.19. The number of carbonyl (C=O) groups excluding carboxylic acids is 2. The molecule has 0 radical (unpaired) electrons. The van der Waals surface area contributed by atoms with Gasteiger partial charge in [-0.2, -0.15) is 0 Å². The van der Waals surface area contributed by atoms with Crippen LogP contribution in [0.2, 0.25) is 0 Å². The quantitative estimate of drug-likeness (QED) is 0.475. The number of aromatic nitrogens is 1. The van der Waals surface area contributed by atoms with Crippen LogP contribution in [0.5, 0.6) is 0 Å². The number of amides is 2. The van der Waals surface area contributed by atoms with Crippen molar-refractivity contribution in [1.29, 1.82) is 0 Å². The van der Waals surface area contributed by atoms with Crippen molar-refractivity contribution in [1.82, 2.24) is 15.2 Å². The molecular formula is C22H31N3O5. The third-order valence-electron chi connectivity index (χ3n) is 4.29. The number of nitrogens with one attached hydrogen (secondary N) is 1. The minimum atomic E-state index is -0.307. The van der Waals surface area contributed by atoms with Gasteiger partial charge in [-0.3, -0.25) is 9.59 Å². The second-order valence-electron chi connectivity index (χ2n) is 6.58. The molecule has 8 nitrogen and oxygen atoms in total. The predicted molar refractivity (Wildman–Crippen MR) is 112 cm³/mol. The molecule has 0 aliphatic rings. The normalized spacial score (nSPS) is 10.7. The zero-order valence-electron chi connectivity index (χ0n) is 17.8. The number of hydrogen-bond donors (Lipinski definition) is 1. The van der Waals surface area contributed by atoms with E-state index >= 15 is 0 Å². The number of oxazole rings is 1. The summed E-state index contributed by atoms with van der Waals surface area (Å²) in [7, 11) is 0. The SMILES string of the molecule is CCOCCCNC(=O)c1coc(CN(CCCOCC)C(=O)c2ccccc2)n1. The van der Waals surface area contributed by atoms with Crippen molar-refractivity contribution in [3.8, 4) is 0 Å². The molecule has 0 atom stereocenters. The summed E-state index contributed by atoms with van der Waals surface area (Å²) in [6.07, 6.45) is 2.74. The van der Waals surface area contributed by atoms with Crippen LogP contribution < -0.4 is 5.32 Å². The van der Waals surface area contributed by atoms with Crippen molar-refractivity contribution >= 4 is 11.8 Å². The molecule has 0 aliphatic carbocycles. The molecule has 0 saturated heterocycles. The van der Waals surface area contributed by atoms with Crippen LogP contribution in [0.25, 0.3) is 0 Å². The van der Waals surface area contributed by atoms with Crippen LogP contribution in [0.4, 0.5) is 0 Å². The smallest absolute Gasteiger partial charge is 0.273 e. The minimum Gasteiger partial charge on any atom is -0.446 e. The molecule has 30 heavy (non-hydrogen) atoms. The summed E-state index contributed by atoms with van der Waals surface area (Å²) in [6.45, 7) is 7.48. The van der Waals surface area contributed by atoms with E-state index in [4.69, 9.17) is 13.9 Å². The van der Waals surface area contributed by atoms with Crippen molar-refractivity contribution < 1.29 is 23.5 Å². The maximum Gasteiger partial charge on any atom is 0.273 e. The van der Waals surface area contributed by atoms with Crippen molar-refractivity contribution in [2.24, 2.45) is 0 Å². The van der Waals surface area contributed by atoms with Crippen LogP contribution in [-0.4, -0.2) is 61.2 Å². The van der Waals surface area contributed by atoms with Gasteiger partial charge in [-0.05, 0) is 38.8 Å². The average Bonchev–Trinajstić information content (AvgIpc) is 3.24. The Labute approximate surface area is 177 Å². The highest BCUT2D eigenvalue weighted by atomic mass is 16.5. The van der Waals surface area contributed by atoms with E-state index in [1.54, 1.807) is 17.0 Å². The lowest BCUT2D eigenvalue weighted by Crippen LogP contribution is -2.32. The molecule has 2 rings (SSSR count). The summed E-state index contributed by atoms with van der Waals surface area (Å²) in [5.74, 6) is -0.110. The Morgan fingerprint density at radius 3 is 2.47 bits per heavy atom. The summed E-state index contributed by atoms with van der Waals surface area (Å²) < 4.78 is 16.1. The highest BCUT2D eigenvalue weighted by molar-refractivity contribution is 5.94.